The summed E-state index contributed by atoms with van der Waals surface area (Å²) in [4.78, 5) is 49.4. The van der Waals surface area contributed by atoms with Gasteiger partial charge in [0.25, 0.3) is 5.91 Å². The van der Waals surface area contributed by atoms with Crippen molar-refractivity contribution in [3.63, 3.8) is 0 Å². The highest BCUT2D eigenvalue weighted by molar-refractivity contribution is 5.93. The molecule has 1 saturated heterocycles. The lowest BCUT2D eigenvalue weighted by atomic mass is 9.85. The Labute approximate surface area is 276 Å². The standard InChI is InChI=1S/C37H45FN6O3/c1-25(39-5)34(45)41-33(37(2,3)4)36(47)44-20-9-12-30(44)23-42(21-19-26-13-16-29(38)17-14-26)35(46)31-24-43-22-28(15-18-32(43)40-31)27-10-7-6-8-11-27/h6-8,10-11,13-18,22,24-25,30,33,39H,9,12,19-21,23H2,1-5H3,(H,41,45)/t25-,30-,33+/m0/s1. The molecule has 10 heteroatoms. The number of carbonyl (C=O) groups excluding carboxylic acids is 3. The zero-order valence-electron chi connectivity index (χ0n) is 27.9. The highest BCUT2D eigenvalue weighted by atomic mass is 19.1. The van der Waals surface area contributed by atoms with Crippen LogP contribution in [0.3, 0.4) is 0 Å². The fourth-order valence-electron chi connectivity index (χ4n) is 6.03. The molecule has 2 aromatic carbocycles. The average molecular weight is 641 g/mol. The molecular formula is C37H45FN6O3. The summed E-state index contributed by atoms with van der Waals surface area (Å²) in [5.74, 6) is -0.940. The summed E-state index contributed by atoms with van der Waals surface area (Å²) in [5, 5.41) is 5.91. The Kier molecular flexibility index (Phi) is 10.4. The minimum Gasteiger partial charge on any atom is -0.342 e. The molecule has 0 radical (unpaired) electrons. The first-order chi connectivity index (χ1) is 22.4. The quantitative estimate of drug-likeness (QED) is 0.242. The third kappa shape index (κ3) is 8.05. The monoisotopic (exact) mass is 640 g/mol. The maximum Gasteiger partial charge on any atom is 0.274 e. The predicted octanol–water partition coefficient (Wildman–Crippen LogP) is 4.96. The largest absolute Gasteiger partial charge is 0.342 e. The maximum absolute atomic E-state index is 14.2. The van der Waals surface area contributed by atoms with Crippen molar-refractivity contribution >= 4 is 23.4 Å². The highest BCUT2D eigenvalue weighted by Crippen LogP contribution is 2.27. The van der Waals surface area contributed by atoms with Gasteiger partial charge in [-0.3, -0.25) is 14.4 Å². The van der Waals surface area contributed by atoms with Gasteiger partial charge in [-0.05, 0) is 79.6 Å². The van der Waals surface area contributed by atoms with Crippen LogP contribution in [0.2, 0.25) is 0 Å². The van der Waals surface area contributed by atoms with E-state index in [1.54, 1.807) is 37.2 Å². The van der Waals surface area contributed by atoms with E-state index in [0.717, 1.165) is 29.5 Å². The molecule has 248 valence electrons. The Hall–Kier alpha value is -4.57. The van der Waals surface area contributed by atoms with Crippen LogP contribution >= 0.6 is 0 Å². The van der Waals surface area contributed by atoms with Crippen molar-refractivity contribution in [3.05, 3.63) is 96.2 Å². The smallest absolute Gasteiger partial charge is 0.274 e. The van der Waals surface area contributed by atoms with E-state index < -0.39 is 17.5 Å². The molecule has 1 fully saturated rings. The van der Waals surface area contributed by atoms with E-state index in [9.17, 15) is 18.8 Å². The summed E-state index contributed by atoms with van der Waals surface area (Å²) in [6, 6.07) is 18.8. The Morgan fingerprint density at radius 3 is 2.40 bits per heavy atom. The van der Waals surface area contributed by atoms with E-state index >= 15 is 0 Å². The van der Waals surface area contributed by atoms with Crippen LogP contribution in [0.5, 0.6) is 0 Å². The van der Waals surface area contributed by atoms with Gasteiger partial charge in [-0.15, -0.1) is 0 Å². The van der Waals surface area contributed by atoms with Gasteiger partial charge in [0, 0.05) is 38.1 Å². The number of likely N-dealkylation sites (N-methyl/N-ethyl adjacent to an activating group) is 1. The molecular weight excluding hydrogens is 595 g/mol. The average Bonchev–Trinajstić information content (AvgIpc) is 3.72. The van der Waals surface area contributed by atoms with E-state index in [1.165, 1.54) is 12.1 Å². The number of amides is 3. The molecule has 3 heterocycles. The Bertz CT molecular complexity index is 1700. The number of carbonyl (C=O) groups is 3. The van der Waals surface area contributed by atoms with Crippen molar-refractivity contribution in [2.75, 3.05) is 26.7 Å². The fraction of sp³-hybridized carbons (Fsp3) is 0.405. The molecule has 1 aliphatic rings. The minimum absolute atomic E-state index is 0.149. The predicted molar refractivity (Wildman–Crippen MR) is 181 cm³/mol. The summed E-state index contributed by atoms with van der Waals surface area (Å²) in [6.45, 7) is 8.80. The van der Waals surface area contributed by atoms with Gasteiger partial charge in [-0.25, -0.2) is 9.37 Å². The van der Waals surface area contributed by atoms with Crippen LogP contribution in [0.1, 0.15) is 56.6 Å². The molecule has 0 aliphatic carbocycles. The van der Waals surface area contributed by atoms with Crippen molar-refractivity contribution in [2.24, 2.45) is 5.41 Å². The van der Waals surface area contributed by atoms with Crippen LogP contribution in [0.4, 0.5) is 4.39 Å². The van der Waals surface area contributed by atoms with Gasteiger partial charge in [0.15, 0.2) is 0 Å². The molecule has 47 heavy (non-hydrogen) atoms. The summed E-state index contributed by atoms with van der Waals surface area (Å²) >= 11 is 0. The van der Waals surface area contributed by atoms with E-state index in [1.807, 2.05) is 78.7 Å². The number of halogens is 1. The number of hydrogen-bond acceptors (Lipinski definition) is 5. The summed E-state index contributed by atoms with van der Waals surface area (Å²) in [6.07, 6.45) is 5.76. The fourth-order valence-corrected chi connectivity index (χ4v) is 6.03. The number of pyridine rings is 1. The number of fused-ring (bicyclic) bond motifs is 1. The number of nitrogens with zero attached hydrogens (tertiary/aromatic N) is 4. The van der Waals surface area contributed by atoms with E-state index in [4.69, 9.17) is 0 Å². The van der Waals surface area contributed by atoms with Gasteiger partial charge in [-0.1, -0.05) is 63.2 Å². The summed E-state index contributed by atoms with van der Waals surface area (Å²) in [7, 11) is 1.71. The molecule has 2 N–H and O–H groups in total. The van der Waals surface area contributed by atoms with Crippen molar-refractivity contribution in [3.8, 4) is 11.1 Å². The normalized spacial score (nSPS) is 16.2. The lowest BCUT2D eigenvalue weighted by molar-refractivity contribution is -0.140. The zero-order valence-corrected chi connectivity index (χ0v) is 27.9. The van der Waals surface area contributed by atoms with Gasteiger partial charge >= 0.3 is 0 Å². The number of rotatable bonds is 11. The van der Waals surface area contributed by atoms with Crippen molar-refractivity contribution in [1.29, 1.82) is 0 Å². The van der Waals surface area contributed by atoms with Crippen molar-refractivity contribution in [1.82, 2.24) is 29.8 Å². The second-order valence-electron chi connectivity index (χ2n) is 13.4. The molecule has 0 saturated carbocycles. The lowest BCUT2D eigenvalue weighted by Gasteiger charge is -2.37. The summed E-state index contributed by atoms with van der Waals surface area (Å²) in [5.41, 5.74) is 3.41. The number of imidazole rings is 1. The third-order valence-corrected chi connectivity index (χ3v) is 8.97. The Balaban J connectivity index is 1.40. The molecule has 3 atom stereocenters. The molecule has 0 spiro atoms. The van der Waals surface area contributed by atoms with Crippen molar-refractivity contribution < 1.29 is 18.8 Å². The second kappa shape index (κ2) is 14.5. The third-order valence-electron chi connectivity index (χ3n) is 8.97. The topological polar surface area (TPSA) is 99.0 Å². The molecule has 1 aliphatic heterocycles. The van der Waals surface area contributed by atoms with Crippen LogP contribution in [-0.4, -0.2) is 81.7 Å². The van der Waals surface area contributed by atoms with E-state index in [0.29, 0.717) is 37.4 Å². The SMILES string of the molecule is CN[C@@H](C)C(=O)N[C@H](C(=O)N1CCC[C@H]1CN(CCc1ccc(F)cc1)C(=O)c1cn2cc(-c3ccccc3)ccc2n1)C(C)(C)C. The first kappa shape index (κ1) is 33.8. The highest BCUT2D eigenvalue weighted by Gasteiger charge is 2.41. The number of likely N-dealkylation sites (tertiary alicyclic amines) is 1. The number of nitrogens with one attached hydrogen (secondary N) is 2. The first-order valence-corrected chi connectivity index (χ1v) is 16.3. The molecule has 0 unspecified atom stereocenters. The van der Waals surface area contributed by atoms with Crippen LogP contribution in [0, 0.1) is 11.2 Å². The number of benzene rings is 2. The zero-order chi connectivity index (χ0) is 33.7. The van der Waals surface area contributed by atoms with E-state index in [2.05, 4.69) is 15.6 Å². The van der Waals surface area contributed by atoms with Gasteiger partial charge < -0.3 is 24.8 Å². The van der Waals surface area contributed by atoms with Crippen LogP contribution in [0.15, 0.2) is 79.1 Å². The second-order valence-corrected chi connectivity index (χ2v) is 13.4. The summed E-state index contributed by atoms with van der Waals surface area (Å²) < 4.78 is 15.5. The van der Waals surface area contributed by atoms with Crippen LogP contribution < -0.4 is 10.6 Å². The number of aromatic nitrogens is 2. The first-order valence-electron chi connectivity index (χ1n) is 16.3. The molecule has 0 bridgehead atoms. The Morgan fingerprint density at radius 1 is 1.00 bits per heavy atom. The number of hydrogen-bond donors (Lipinski definition) is 2. The minimum atomic E-state index is -0.730. The van der Waals surface area contributed by atoms with Gasteiger partial charge in [0.05, 0.1) is 6.04 Å². The van der Waals surface area contributed by atoms with Gasteiger partial charge in [0.2, 0.25) is 11.8 Å². The lowest BCUT2D eigenvalue weighted by Crippen LogP contribution is -2.59. The van der Waals surface area contributed by atoms with Crippen molar-refractivity contribution in [2.45, 2.75) is 65.1 Å². The van der Waals surface area contributed by atoms with Crippen LogP contribution in [0.25, 0.3) is 16.8 Å². The molecule has 9 nitrogen and oxygen atoms in total. The maximum atomic E-state index is 14.2. The molecule has 4 aromatic rings. The van der Waals surface area contributed by atoms with E-state index in [-0.39, 0.29) is 29.6 Å². The van der Waals surface area contributed by atoms with Crippen LogP contribution in [-0.2, 0) is 16.0 Å². The molecule has 3 amide bonds. The Morgan fingerprint density at radius 2 is 1.72 bits per heavy atom. The van der Waals surface area contributed by atoms with Gasteiger partial charge in [0.1, 0.15) is 23.2 Å². The van der Waals surface area contributed by atoms with Gasteiger partial charge in [-0.2, -0.15) is 0 Å². The molecule has 5 rings (SSSR count). The molecule has 2 aromatic heterocycles.